The molecule has 2 fully saturated rings. The Morgan fingerprint density at radius 3 is 2.42 bits per heavy atom. The second-order valence-corrected chi connectivity index (χ2v) is 12.4. The van der Waals surface area contributed by atoms with E-state index < -0.39 is 17.0 Å². The van der Waals surface area contributed by atoms with Crippen molar-refractivity contribution in [2.24, 2.45) is 0 Å². The first-order valence-electron chi connectivity index (χ1n) is 15.5. The number of rotatable bonds is 15. The average molecular weight is 613 g/mol. The first kappa shape index (κ1) is 33.1. The van der Waals surface area contributed by atoms with E-state index in [1.165, 1.54) is 50.5 Å². The topological polar surface area (TPSA) is 89.7 Å². The largest absolute Gasteiger partial charge is 0.493 e. The minimum absolute atomic E-state index is 0.0683. The summed E-state index contributed by atoms with van der Waals surface area (Å²) in [5.41, 5.74) is 0.380. The number of hydrogen-bond donors (Lipinski definition) is 2. The van der Waals surface area contributed by atoms with Gasteiger partial charge in [-0.2, -0.15) is 0 Å². The lowest BCUT2D eigenvalue weighted by molar-refractivity contribution is -0.112. The van der Waals surface area contributed by atoms with E-state index in [2.05, 4.69) is 9.80 Å². The molecule has 1 atom stereocenters. The monoisotopic (exact) mass is 612 g/mol. The normalized spacial score (nSPS) is 18.1. The molecule has 43 heavy (non-hydrogen) atoms. The third-order valence-electron chi connectivity index (χ3n) is 9.42. The summed E-state index contributed by atoms with van der Waals surface area (Å²) in [5.74, 6) is 0.187. The van der Waals surface area contributed by atoms with Crippen molar-refractivity contribution in [2.75, 3.05) is 46.9 Å². The number of methoxy groups -OCH3 is 2. The van der Waals surface area contributed by atoms with Crippen molar-refractivity contribution < 1.29 is 18.7 Å². The highest BCUT2D eigenvalue weighted by atomic mass is 35.5. The Balaban J connectivity index is 1.56. The summed E-state index contributed by atoms with van der Waals surface area (Å²) in [6, 6.07) is 10.8. The number of nitrogens with zero attached hydrogens (tertiary/aromatic N) is 2. The molecule has 1 saturated carbocycles. The first-order chi connectivity index (χ1) is 20.8. The molecule has 2 aromatic carbocycles. The van der Waals surface area contributed by atoms with E-state index >= 15 is 0 Å². The summed E-state index contributed by atoms with van der Waals surface area (Å²) in [6.45, 7) is 4.92. The molecule has 4 rings (SSSR count). The van der Waals surface area contributed by atoms with Crippen LogP contribution >= 0.6 is 11.6 Å². The number of ether oxygens (including phenoxy) is 2. The molecule has 0 unspecified atom stereocenters. The molecule has 0 radical (unpaired) electrons. The molecule has 0 bridgehead atoms. The molecule has 2 N–H and O–H groups in total. The molecule has 2 aliphatic rings. The fourth-order valence-electron chi connectivity index (χ4n) is 6.78. The number of Topliss-reactive ketones (excluding diaryl/α,β-unsaturated/α-hetero) is 1. The van der Waals surface area contributed by atoms with E-state index in [1.807, 2.05) is 18.2 Å². The standard InChI is InChI=1S/C34H46ClFN4O3/c1-42-32-13-12-25(22-33(32)43-2)34(14-7-16-37,24-30(38)31(41)23-27-28(35)10-6-11-29(27)36)15-17-39-18-20-40(21-19-39)26-8-4-3-5-9-26/h6,10-13,16,22,26,37-38H,3-5,7-9,14-15,17-21,23-24H2,1-2H3/t34-/m0/s1. The van der Waals surface area contributed by atoms with E-state index in [4.69, 9.17) is 31.9 Å². The molecule has 1 aliphatic heterocycles. The molecule has 7 nitrogen and oxygen atoms in total. The highest BCUT2D eigenvalue weighted by Gasteiger charge is 2.36. The number of hydrogen-bond acceptors (Lipinski definition) is 7. The van der Waals surface area contributed by atoms with Gasteiger partial charge in [-0.3, -0.25) is 9.69 Å². The minimum Gasteiger partial charge on any atom is -0.493 e. The molecular formula is C34H46ClFN4O3. The van der Waals surface area contributed by atoms with Crippen LogP contribution in [0.1, 0.15) is 68.9 Å². The molecule has 0 amide bonds. The van der Waals surface area contributed by atoms with Crippen LogP contribution in [0.3, 0.4) is 0 Å². The Bertz CT molecular complexity index is 1240. The molecule has 0 aromatic heterocycles. The number of nitrogens with one attached hydrogen (secondary N) is 2. The van der Waals surface area contributed by atoms with Crippen molar-refractivity contribution in [2.45, 2.75) is 75.7 Å². The van der Waals surface area contributed by atoms with Crippen molar-refractivity contribution in [1.29, 1.82) is 10.8 Å². The lowest BCUT2D eigenvalue weighted by Crippen LogP contribution is -2.51. The maximum absolute atomic E-state index is 14.5. The Hall–Kier alpha value is -2.81. The van der Waals surface area contributed by atoms with Crippen molar-refractivity contribution in [3.05, 3.63) is 58.4 Å². The summed E-state index contributed by atoms with van der Waals surface area (Å²) in [7, 11) is 3.19. The maximum Gasteiger partial charge on any atom is 0.180 e. The van der Waals surface area contributed by atoms with E-state index in [0.29, 0.717) is 36.8 Å². The van der Waals surface area contributed by atoms with Crippen LogP contribution in [0.5, 0.6) is 11.5 Å². The van der Waals surface area contributed by atoms with Gasteiger partial charge < -0.3 is 25.2 Å². The zero-order valence-electron chi connectivity index (χ0n) is 25.6. The Morgan fingerprint density at radius 2 is 1.77 bits per heavy atom. The number of benzene rings is 2. The van der Waals surface area contributed by atoms with Crippen molar-refractivity contribution >= 4 is 29.3 Å². The second kappa shape index (κ2) is 15.8. The number of carbonyl (C=O) groups is 1. The molecule has 234 valence electrons. The van der Waals surface area contributed by atoms with Crippen molar-refractivity contribution in [1.82, 2.24) is 9.80 Å². The van der Waals surface area contributed by atoms with Gasteiger partial charge in [-0.25, -0.2) is 4.39 Å². The van der Waals surface area contributed by atoms with Crippen LogP contribution in [0.4, 0.5) is 4.39 Å². The van der Waals surface area contributed by atoms with Gasteiger partial charge >= 0.3 is 0 Å². The van der Waals surface area contributed by atoms with E-state index in [1.54, 1.807) is 20.3 Å². The fourth-order valence-corrected chi connectivity index (χ4v) is 7.01. The van der Waals surface area contributed by atoms with Crippen LogP contribution in [0.2, 0.25) is 5.02 Å². The molecule has 1 saturated heterocycles. The van der Waals surface area contributed by atoms with Crippen molar-refractivity contribution in [3.8, 4) is 11.5 Å². The summed E-state index contributed by atoms with van der Waals surface area (Å²) >= 11 is 6.21. The van der Waals surface area contributed by atoms with Gasteiger partial charge in [0.25, 0.3) is 0 Å². The number of piperazine rings is 1. The van der Waals surface area contributed by atoms with Crippen LogP contribution in [0.25, 0.3) is 0 Å². The average Bonchev–Trinajstić information content (AvgIpc) is 3.04. The van der Waals surface area contributed by atoms with Crippen LogP contribution in [-0.4, -0.2) is 80.5 Å². The molecule has 9 heteroatoms. The van der Waals surface area contributed by atoms with Gasteiger partial charge in [-0.1, -0.05) is 43.0 Å². The quantitative estimate of drug-likeness (QED) is 0.218. The number of carbonyl (C=O) groups excluding carboxylic acids is 1. The predicted molar refractivity (Wildman–Crippen MR) is 171 cm³/mol. The molecular weight excluding hydrogens is 567 g/mol. The zero-order chi connectivity index (χ0) is 30.8. The van der Waals surface area contributed by atoms with Gasteiger partial charge in [0.05, 0.1) is 19.9 Å². The third-order valence-corrected chi connectivity index (χ3v) is 9.77. The summed E-state index contributed by atoms with van der Waals surface area (Å²) in [5, 5.41) is 16.9. The highest BCUT2D eigenvalue weighted by molar-refractivity contribution is 6.40. The van der Waals surface area contributed by atoms with Gasteiger partial charge in [-0.15, -0.1) is 0 Å². The SMILES string of the molecule is COc1ccc([C@@](CCC=N)(CCN2CCN(C3CCCCC3)CC2)CC(=N)C(=O)Cc2c(F)cccc2Cl)cc1OC. The predicted octanol–water partition coefficient (Wildman–Crippen LogP) is 6.73. The lowest BCUT2D eigenvalue weighted by Gasteiger charge is -2.42. The van der Waals surface area contributed by atoms with Gasteiger partial charge in [0.15, 0.2) is 17.3 Å². The number of ketones is 1. The van der Waals surface area contributed by atoms with Gasteiger partial charge in [0, 0.05) is 61.1 Å². The molecule has 2 aromatic rings. The van der Waals surface area contributed by atoms with Gasteiger partial charge in [0.1, 0.15) is 5.82 Å². The Morgan fingerprint density at radius 1 is 1.05 bits per heavy atom. The van der Waals surface area contributed by atoms with Crippen LogP contribution in [0.15, 0.2) is 36.4 Å². The zero-order valence-corrected chi connectivity index (χ0v) is 26.4. The van der Waals surface area contributed by atoms with E-state index in [9.17, 15) is 9.18 Å². The van der Waals surface area contributed by atoms with E-state index in [0.717, 1.165) is 38.3 Å². The van der Waals surface area contributed by atoms with Crippen LogP contribution in [0, 0.1) is 16.6 Å². The molecule has 1 aliphatic carbocycles. The summed E-state index contributed by atoms with van der Waals surface area (Å²) < 4.78 is 25.6. The smallest absolute Gasteiger partial charge is 0.180 e. The van der Waals surface area contributed by atoms with E-state index in [-0.39, 0.29) is 29.1 Å². The second-order valence-electron chi connectivity index (χ2n) is 12.0. The Kier molecular flexibility index (Phi) is 12.1. The molecule has 0 spiro atoms. The summed E-state index contributed by atoms with van der Waals surface area (Å²) in [4.78, 5) is 18.5. The minimum atomic E-state index is -0.608. The summed E-state index contributed by atoms with van der Waals surface area (Å²) in [6.07, 6.45) is 9.73. The van der Waals surface area contributed by atoms with Crippen molar-refractivity contribution in [3.63, 3.8) is 0 Å². The molecule has 1 heterocycles. The highest BCUT2D eigenvalue weighted by Crippen LogP contribution is 2.41. The van der Waals surface area contributed by atoms with Gasteiger partial charge in [0.2, 0.25) is 0 Å². The third kappa shape index (κ3) is 8.43. The fraction of sp³-hybridized carbons (Fsp3) is 0.559. The lowest BCUT2D eigenvalue weighted by atomic mass is 9.69. The Labute approximate surface area is 260 Å². The first-order valence-corrected chi connectivity index (χ1v) is 15.9. The maximum atomic E-state index is 14.5. The number of halogens is 2. The van der Waals surface area contributed by atoms with Crippen LogP contribution < -0.4 is 9.47 Å². The van der Waals surface area contributed by atoms with Gasteiger partial charge in [-0.05, 0) is 74.7 Å². The van der Waals surface area contributed by atoms with Crippen LogP contribution in [-0.2, 0) is 16.6 Å².